The number of methoxy groups -OCH3 is 3. The number of hydrogen-bond acceptors (Lipinski definition) is 7. The Hall–Kier alpha value is -4.05. The summed E-state index contributed by atoms with van der Waals surface area (Å²) in [5, 5.41) is 20.0. The number of aromatic nitrogens is 1. The van der Waals surface area contributed by atoms with Crippen molar-refractivity contribution in [1.82, 2.24) is 4.98 Å². The summed E-state index contributed by atoms with van der Waals surface area (Å²) in [6.07, 6.45) is 0. The minimum absolute atomic E-state index is 0.0770. The third-order valence-corrected chi connectivity index (χ3v) is 4.37. The molecule has 0 bridgehead atoms. The first-order valence-corrected chi connectivity index (χ1v) is 8.58. The third-order valence-electron chi connectivity index (χ3n) is 4.37. The van der Waals surface area contributed by atoms with Crippen molar-refractivity contribution in [1.29, 1.82) is 5.26 Å². The van der Waals surface area contributed by atoms with Crippen LogP contribution in [0, 0.1) is 11.3 Å². The van der Waals surface area contributed by atoms with Gasteiger partial charge in [0.1, 0.15) is 11.6 Å². The van der Waals surface area contributed by atoms with Crippen molar-refractivity contribution < 1.29 is 19.3 Å². The molecule has 0 unspecified atom stereocenters. The van der Waals surface area contributed by atoms with E-state index in [-0.39, 0.29) is 22.7 Å². The molecule has 0 aliphatic heterocycles. The molecule has 0 saturated carbocycles. The molecule has 0 fully saturated rings. The first-order valence-electron chi connectivity index (χ1n) is 8.58. The van der Waals surface area contributed by atoms with Crippen LogP contribution in [0.15, 0.2) is 53.3 Å². The normalized spacial score (nSPS) is 10.1. The smallest absolute Gasteiger partial charge is 0.232 e. The minimum Gasteiger partial charge on any atom is -0.504 e. The van der Waals surface area contributed by atoms with E-state index in [1.807, 2.05) is 0 Å². The first kappa shape index (κ1) is 19.7. The summed E-state index contributed by atoms with van der Waals surface area (Å²) in [4.78, 5) is 16.3. The van der Waals surface area contributed by atoms with Gasteiger partial charge in [-0.25, -0.2) is 4.98 Å². The summed E-state index contributed by atoms with van der Waals surface area (Å²) < 4.78 is 15.9. The molecule has 0 aliphatic rings. The average Bonchev–Trinajstić information content (AvgIpc) is 2.93. The first-order chi connectivity index (χ1) is 14.0. The molecular formula is C22H18N2O5. The number of pyridine rings is 1. The highest BCUT2D eigenvalue weighted by Crippen LogP contribution is 2.38. The van der Waals surface area contributed by atoms with E-state index in [0.717, 1.165) is 0 Å². The number of benzene rings is 1. The highest BCUT2D eigenvalue weighted by atomic mass is 16.5. The molecule has 1 aromatic heterocycles. The molecule has 0 aliphatic carbocycles. The summed E-state index contributed by atoms with van der Waals surface area (Å²) >= 11 is 0. The SMILES string of the molecule is COc1ccc(-c2cc(-c3ccccc(=O)c3O)nc(OC)c2C#N)cc1OC. The van der Waals surface area contributed by atoms with Gasteiger partial charge in [-0.15, -0.1) is 0 Å². The van der Waals surface area contributed by atoms with Crippen LogP contribution >= 0.6 is 0 Å². The fourth-order valence-electron chi connectivity index (χ4n) is 2.94. The molecule has 1 heterocycles. The van der Waals surface area contributed by atoms with Gasteiger partial charge in [-0.3, -0.25) is 4.79 Å². The lowest BCUT2D eigenvalue weighted by Gasteiger charge is -2.14. The lowest BCUT2D eigenvalue weighted by atomic mass is 9.98. The standard InChI is InChI=1S/C22H18N2O5/c1-27-19-9-8-13(10-20(19)28-2)15-11-17(24-22(29-3)16(15)12-23)14-6-4-5-7-18(25)21(14)26/h4-11H,1-3H3,(H,25,26). The number of aromatic hydroxyl groups is 1. The van der Waals surface area contributed by atoms with Gasteiger partial charge in [0.05, 0.1) is 27.0 Å². The fourth-order valence-corrected chi connectivity index (χ4v) is 2.94. The Balaban J connectivity index is 2.33. The maximum Gasteiger partial charge on any atom is 0.232 e. The van der Waals surface area contributed by atoms with Crippen LogP contribution in [0.1, 0.15) is 5.56 Å². The Kier molecular flexibility index (Phi) is 5.65. The number of nitrogens with zero attached hydrogens (tertiary/aromatic N) is 2. The molecule has 2 aromatic carbocycles. The van der Waals surface area contributed by atoms with Crippen molar-refractivity contribution in [3.8, 4) is 51.6 Å². The summed E-state index contributed by atoms with van der Waals surface area (Å²) in [6, 6.07) is 14.9. The molecule has 0 saturated heterocycles. The molecule has 0 atom stereocenters. The number of hydrogen-bond donors (Lipinski definition) is 1. The van der Waals surface area contributed by atoms with Gasteiger partial charge in [-0.05, 0) is 35.9 Å². The van der Waals surface area contributed by atoms with Crippen LogP contribution in [0.4, 0.5) is 0 Å². The van der Waals surface area contributed by atoms with E-state index < -0.39 is 11.2 Å². The van der Waals surface area contributed by atoms with Crippen LogP contribution in [0.5, 0.6) is 23.1 Å². The van der Waals surface area contributed by atoms with Crippen molar-refractivity contribution >= 4 is 0 Å². The molecule has 3 rings (SSSR count). The van der Waals surface area contributed by atoms with Crippen molar-refractivity contribution in [2.24, 2.45) is 0 Å². The summed E-state index contributed by atoms with van der Waals surface area (Å²) in [7, 11) is 4.45. The largest absolute Gasteiger partial charge is 0.504 e. The highest BCUT2D eigenvalue weighted by molar-refractivity contribution is 5.80. The van der Waals surface area contributed by atoms with Gasteiger partial charge in [0.2, 0.25) is 11.3 Å². The second-order valence-electron chi connectivity index (χ2n) is 5.97. The third kappa shape index (κ3) is 3.69. The van der Waals surface area contributed by atoms with Gasteiger partial charge in [-0.2, -0.15) is 5.26 Å². The van der Waals surface area contributed by atoms with E-state index in [9.17, 15) is 15.2 Å². The Bertz CT molecular complexity index is 1170. The van der Waals surface area contributed by atoms with Crippen LogP contribution in [-0.4, -0.2) is 31.4 Å². The number of rotatable bonds is 5. The van der Waals surface area contributed by atoms with Crippen molar-refractivity contribution in [3.05, 3.63) is 64.3 Å². The van der Waals surface area contributed by atoms with Crippen molar-refractivity contribution in [3.63, 3.8) is 0 Å². The second-order valence-corrected chi connectivity index (χ2v) is 5.97. The van der Waals surface area contributed by atoms with Gasteiger partial charge in [0.25, 0.3) is 0 Å². The zero-order valence-corrected chi connectivity index (χ0v) is 16.1. The summed E-state index contributed by atoms with van der Waals surface area (Å²) in [5.74, 6) is 0.669. The molecule has 7 nitrogen and oxygen atoms in total. The monoisotopic (exact) mass is 390 g/mol. The van der Waals surface area contributed by atoms with Crippen LogP contribution in [0.2, 0.25) is 0 Å². The quantitative estimate of drug-likeness (QED) is 0.712. The Morgan fingerprint density at radius 2 is 1.66 bits per heavy atom. The van der Waals surface area contributed by atoms with Crippen LogP contribution in [0.3, 0.4) is 0 Å². The molecule has 29 heavy (non-hydrogen) atoms. The van der Waals surface area contributed by atoms with Gasteiger partial charge < -0.3 is 19.3 Å². The van der Waals surface area contributed by atoms with E-state index in [1.54, 1.807) is 36.4 Å². The van der Waals surface area contributed by atoms with Crippen molar-refractivity contribution in [2.75, 3.05) is 21.3 Å². The van der Waals surface area contributed by atoms with E-state index in [2.05, 4.69) is 11.1 Å². The molecule has 0 spiro atoms. The molecule has 146 valence electrons. The van der Waals surface area contributed by atoms with Gasteiger partial charge in [-0.1, -0.05) is 18.2 Å². The zero-order chi connectivity index (χ0) is 21.0. The lowest BCUT2D eigenvalue weighted by Crippen LogP contribution is -2.00. The summed E-state index contributed by atoms with van der Waals surface area (Å²) in [5.41, 5.74) is 1.35. The fraction of sp³-hybridized carbons (Fsp3) is 0.136. The molecular weight excluding hydrogens is 372 g/mol. The predicted molar refractivity (Wildman–Crippen MR) is 107 cm³/mol. The Morgan fingerprint density at radius 3 is 2.31 bits per heavy atom. The highest BCUT2D eigenvalue weighted by Gasteiger charge is 2.19. The molecule has 1 N–H and O–H groups in total. The van der Waals surface area contributed by atoms with Crippen LogP contribution < -0.4 is 19.6 Å². The lowest BCUT2D eigenvalue weighted by molar-refractivity contribution is 0.355. The van der Waals surface area contributed by atoms with E-state index in [4.69, 9.17) is 14.2 Å². The maximum atomic E-state index is 12.0. The zero-order valence-electron chi connectivity index (χ0n) is 16.1. The van der Waals surface area contributed by atoms with E-state index in [0.29, 0.717) is 22.6 Å². The topological polar surface area (TPSA) is 102 Å². The van der Waals surface area contributed by atoms with Crippen LogP contribution in [-0.2, 0) is 0 Å². The molecule has 0 amide bonds. The number of nitriles is 1. The number of ether oxygens (including phenoxy) is 3. The predicted octanol–water partition coefficient (Wildman–Crippen LogP) is 3.38. The van der Waals surface area contributed by atoms with Gasteiger partial charge in [0, 0.05) is 11.1 Å². The van der Waals surface area contributed by atoms with Gasteiger partial charge >= 0.3 is 0 Å². The average molecular weight is 390 g/mol. The van der Waals surface area contributed by atoms with Crippen molar-refractivity contribution in [2.45, 2.75) is 0 Å². The molecule has 3 aromatic rings. The Morgan fingerprint density at radius 1 is 0.931 bits per heavy atom. The summed E-state index contributed by atoms with van der Waals surface area (Å²) in [6.45, 7) is 0. The van der Waals surface area contributed by atoms with Gasteiger partial charge in [0.15, 0.2) is 17.2 Å². The Labute approximate surface area is 167 Å². The van der Waals surface area contributed by atoms with E-state index >= 15 is 0 Å². The minimum atomic E-state index is -0.539. The molecule has 7 heteroatoms. The molecule has 0 radical (unpaired) electrons. The maximum absolute atomic E-state index is 12.0. The second kappa shape index (κ2) is 8.31. The van der Waals surface area contributed by atoms with Crippen LogP contribution in [0.25, 0.3) is 22.4 Å². The van der Waals surface area contributed by atoms with E-state index in [1.165, 1.54) is 33.5 Å².